The molecule has 2 aliphatic rings. The van der Waals surface area contributed by atoms with Crippen LogP contribution in [-0.4, -0.2) is 66.7 Å². The van der Waals surface area contributed by atoms with Crippen LogP contribution in [-0.2, 0) is 25.8 Å². The van der Waals surface area contributed by atoms with Crippen LogP contribution in [0.1, 0.15) is 18.2 Å². The van der Waals surface area contributed by atoms with Gasteiger partial charge in [0.25, 0.3) is 17.5 Å². The third-order valence-electron chi connectivity index (χ3n) is 5.95. The van der Waals surface area contributed by atoms with Gasteiger partial charge in [0.1, 0.15) is 60.6 Å². The zero-order valence-electron chi connectivity index (χ0n) is 19.9. The number of rotatable bonds is 8. The molecule has 0 unspecified atom stereocenters. The summed E-state index contributed by atoms with van der Waals surface area (Å²) in [4.78, 5) is 48.7. The van der Waals surface area contributed by atoms with E-state index in [0.717, 1.165) is 17.0 Å². The first-order valence-corrected chi connectivity index (χ1v) is 13.3. The van der Waals surface area contributed by atoms with Crippen molar-refractivity contribution in [3.05, 3.63) is 58.6 Å². The Morgan fingerprint density at radius 3 is 2.95 bits per heavy atom. The summed E-state index contributed by atoms with van der Waals surface area (Å²) in [5.41, 5.74) is 7.48. The maximum absolute atomic E-state index is 13.1. The number of amides is 2. The number of nitrogens with one attached hydrogen (secondary N) is 1. The molecule has 1 saturated heterocycles. The number of nitrogen functional groups attached to an aromatic ring is 1. The Morgan fingerprint density at radius 2 is 2.26 bits per heavy atom. The van der Waals surface area contributed by atoms with Crippen LogP contribution in [0.3, 0.4) is 0 Å². The predicted octanol–water partition coefficient (Wildman–Crippen LogP) is 0.317. The number of carbonyl (C=O) groups excluding carboxylic acids is 2. The Bertz CT molecular complexity index is 1570. The number of imidazole rings is 1. The number of aromatic nitrogens is 3. The molecule has 3 aromatic rings. The first-order valence-electron chi connectivity index (χ1n) is 11.3. The Balaban J connectivity index is 1.37. The molecule has 1 fully saturated rings. The SMILES string of the molecule is CCO/N=C(\C(=O)N[C@@H]1C(=O)N2C(C(=O)O)=C(C[n+]3ccn4cc(C#N)ccc43)CS[C@H]12)c1csc(N)n1. The Hall–Kier alpha value is -4.42. The molecule has 3 aromatic heterocycles. The van der Waals surface area contributed by atoms with Crippen LogP contribution in [0.25, 0.3) is 5.65 Å². The fourth-order valence-electron chi connectivity index (χ4n) is 4.25. The molecule has 0 aromatic carbocycles. The molecule has 4 N–H and O–H groups in total. The molecule has 5 rings (SSSR count). The normalized spacial score (nSPS) is 19.1. The minimum absolute atomic E-state index is 0.0970. The molecule has 5 heterocycles. The van der Waals surface area contributed by atoms with Crippen LogP contribution in [0, 0.1) is 11.3 Å². The molecule has 0 saturated carbocycles. The highest BCUT2D eigenvalue weighted by molar-refractivity contribution is 8.00. The van der Waals surface area contributed by atoms with Gasteiger partial charge < -0.3 is 21.0 Å². The lowest BCUT2D eigenvalue weighted by Crippen LogP contribution is -2.71. The van der Waals surface area contributed by atoms with Crippen molar-refractivity contribution in [3.8, 4) is 6.07 Å². The van der Waals surface area contributed by atoms with E-state index in [1.165, 1.54) is 16.7 Å². The van der Waals surface area contributed by atoms with Gasteiger partial charge >= 0.3 is 5.97 Å². The van der Waals surface area contributed by atoms with Crippen LogP contribution in [0.15, 0.2) is 52.5 Å². The second-order valence-electron chi connectivity index (χ2n) is 8.27. The standard InChI is InChI=1S/C23H20N8O5S2/c1-2-36-28-16(14-11-38-23(25)26-14)19(32)27-17-20(33)31-18(22(34)35)13(10-37-21(17)31)9-30-6-5-29-8-12(7-24)3-4-15(29)30/h3-6,8,11,17,21H,2,9-10H2,1H3,(H3-,25,26,27,32,34,35)/p+1/b28-16-/t17-,21-/m1/s1. The zero-order chi connectivity index (χ0) is 27.0. The monoisotopic (exact) mass is 553 g/mol. The number of thioether (sulfide) groups is 1. The van der Waals surface area contributed by atoms with Gasteiger partial charge in [-0.05, 0) is 13.0 Å². The quantitative estimate of drug-likeness (QED) is 0.153. The molecule has 2 atom stereocenters. The molecular formula is C23H21N8O5S2+. The van der Waals surface area contributed by atoms with Gasteiger partial charge in [0.2, 0.25) is 0 Å². The number of nitrogens with zero attached hydrogens (tertiary/aromatic N) is 6. The number of hydrogen-bond acceptors (Lipinski definition) is 10. The third-order valence-corrected chi connectivity index (χ3v) is 7.96. The number of carbonyl (C=O) groups is 3. The lowest BCUT2D eigenvalue weighted by atomic mass is 10.0. The summed E-state index contributed by atoms with van der Waals surface area (Å²) in [6.07, 6.45) is 5.23. The van der Waals surface area contributed by atoms with Crippen molar-refractivity contribution in [2.24, 2.45) is 5.16 Å². The van der Waals surface area contributed by atoms with E-state index in [0.29, 0.717) is 16.9 Å². The van der Waals surface area contributed by atoms with Gasteiger partial charge in [0.05, 0.1) is 5.56 Å². The van der Waals surface area contributed by atoms with E-state index in [4.69, 9.17) is 15.8 Å². The number of oxime groups is 1. The maximum atomic E-state index is 13.1. The lowest BCUT2D eigenvalue weighted by Gasteiger charge is -2.49. The van der Waals surface area contributed by atoms with Crippen molar-refractivity contribution >= 4 is 57.4 Å². The highest BCUT2D eigenvalue weighted by Crippen LogP contribution is 2.40. The Morgan fingerprint density at radius 1 is 1.45 bits per heavy atom. The highest BCUT2D eigenvalue weighted by Gasteiger charge is 2.54. The van der Waals surface area contributed by atoms with E-state index in [9.17, 15) is 19.5 Å². The van der Waals surface area contributed by atoms with E-state index in [2.05, 4.69) is 21.5 Å². The average Bonchev–Trinajstić information content (AvgIpc) is 3.52. The fraction of sp³-hybridized carbons (Fsp3) is 0.261. The van der Waals surface area contributed by atoms with Gasteiger partial charge in [-0.1, -0.05) is 5.16 Å². The smallest absolute Gasteiger partial charge is 0.352 e. The van der Waals surface area contributed by atoms with Crippen LogP contribution in [0.2, 0.25) is 0 Å². The molecule has 194 valence electrons. The second-order valence-corrected chi connectivity index (χ2v) is 10.3. The van der Waals surface area contributed by atoms with E-state index >= 15 is 0 Å². The fourth-order valence-corrected chi connectivity index (χ4v) is 6.13. The Kier molecular flexibility index (Phi) is 6.74. The van der Waals surface area contributed by atoms with Crippen molar-refractivity contribution in [1.82, 2.24) is 19.6 Å². The van der Waals surface area contributed by atoms with Gasteiger partial charge in [-0.15, -0.1) is 23.1 Å². The molecule has 13 nitrogen and oxygen atoms in total. The van der Waals surface area contributed by atoms with Crippen molar-refractivity contribution in [2.75, 3.05) is 18.1 Å². The molecule has 0 aliphatic carbocycles. The van der Waals surface area contributed by atoms with E-state index in [1.807, 2.05) is 4.57 Å². The van der Waals surface area contributed by atoms with Gasteiger partial charge in [-0.2, -0.15) is 5.26 Å². The van der Waals surface area contributed by atoms with Crippen molar-refractivity contribution in [1.29, 1.82) is 5.26 Å². The number of fused-ring (bicyclic) bond motifs is 2. The molecule has 0 bridgehead atoms. The summed E-state index contributed by atoms with van der Waals surface area (Å²) in [7, 11) is 0. The predicted molar refractivity (Wildman–Crippen MR) is 137 cm³/mol. The number of pyridine rings is 1. The zero-order valence-corrected chi connectivity index (χ0v) is 21.5. The lowest BCUT2D eigenvalue weighted by molar-refractivity contribution is -0.662. The van der Waals surface area contributed by atoms with Gasteiger partial charge in [0.15, 0.2) is 10.8 Å². The molecule has 0 spiro atoms. The molecule has 2 aliphatic heterocycles. The van der Waals surface area contributed by atoms with Gasteiger partial charge in [0, 0.05) is 22.8 Å². The number of nitriles is 1. The van der Waals surface area contributed by atoms with Crippen molar-refractivity contribution in [2.45, 2.75) is 24.9 Å². The van der Waals surface area contributed by atoms with Crippen molar-refractivity contribution < 1.29 is 28.9 Å². The van der Waals surface area contributed by atoms with Gasteiger partial charge in [-0.3, -0.25) is 14.5 Å². The summed E-state index contributed by atoms with van der Waals surface area (Å²) in [5.74, 6) is -2.10. The van der Waals surface area contributed by atoms with Gasteiger partial charge in [-0.25, -0.2) is 18.7 Å². The number of carboxylic acid groups (broad SMARTS) is 1. The first-order chi connectivity index (χ1) is 18.3. The minimum atomic E-state index is -1.23. The molecule has 15 heteroatoms. The molecule has 38 heavy (non-hydrogen) atoms. The van der Waals surface area contributed by atoms with Crippen LogP contribution in [0.5, 0.6) is 0 Å². The largest absolute Gasteiger partial charge is 0.477 e. The number of anilines is 1. The first kappa shape index (κ1) is 25.2. The number of aliphatic carboxylic acids is 1. The maximum Gasteiger partial charge on any atom is 0.352 e. The number of β-lactam (4-membered cyclic amide) rings is 1. The molecule has 2 amide bonds. The summed E-state index contributed by atoms with van der Waals surface area (Å²) in [5, 5.41) is 26.8. The molecular weight excluding hydrogens is 532 g/mol. The van der Waals surface area contributed by atoms with Crippen LogP contribution >= 0.6 is 23.1 Å². The number of carboxylic acids is 1. The highest BCUT2D eigenvalue weighted by atomic mass is 32.2. The number of thiazole rings is 1. The summed E-state index contributed by atoms with van der Waals surface area (Å²) in [6.45, 7) is 2.16. The average molecular weight is 554 g/mol. The number of nitrogens with two attached hydrogens (primary N) is 1. The van der Waals surface area contributed by atoms with E-state index in [1.54, 1.807) is 47.4 Å². The van der Waals surface area contributed by atoms with Crippen LogP contribution in [0.4, 0.5) is 5.13 Å². The summed E-state index contributed by atoms with van der Waals surface area (Å²) in [6, 6.07) is 4.59. The summed E-state index contributed by atoms with van der Waals surface area (Å²) >= 11 is 2.49. The third kappa shape index (κ3) is 4.44. The van der Waals surface area contributed by atoms with Crippen molar-refractivity contribution in [3.63, 3.8) is 0 Å². The summed E-state index contributed by atoms with van der Waals surface area (Å²) < 4.78 is 3.62. The topological polar surface area (TPSA) is 179 Å². The van der Waals surface area contributed by atoms with Crippen LogP contribution < -0.4 is 15.6 Å². The van der Waals surface area contributed by atoms with E-state index in [-0.39, 0.29) is 35.4 Å². The number of hydrogen-bond donors (Lipinski definition) is 3. The minimum Gasteiger partial charge on any atom is -0.477 e. The Labute approximate surface area is 223 Å². The second kappa shape index (κ2) is 10.1. The van der Waals surface area contributed by atoms with E-state index < -0.39 is 29.2 Å². The molecule has 0 radical (unpaired) electrons.